The summed E-state index contributed by atoms with van der Waals surface area (Å²) >= 11 is 0. The fourth-order valence-electron chi connectivity index (χ4n) is 7.76. The molecule has 0 bridgehead atoms. The van der Waals surface area contributed by atoms with Crippen LogP contribution in [0.3, 0.4) is 0 Å². The minimum absolute atomic E-state index is 0.110. The summed E-state index contributed by atoms with van der Waals surface area (Å²) in [6.07, 6.45) is 20.4. The van der Waals surface area contributed by atoms with E-state index in [0.29, 0.717) is 11.5 Å². The molecule has 1 unspecified atom stereocenters. The molecule has 5 rings (SSSR count). The molecule has 7 atom stereocenters. The first-order valence-electron chi connectivity index (χ1n) is 11.9. The first kappa shape index (κ1) is 19.9. The van der Waals surface area contributed by atoms with Crippen LogP contribution in [0.4, 0.5) is 0 Å². The highest BCUT2D eigenvalue weighted by atomic mass is 16.6. The number of hydrogen-bond acceptors (Lipinski definition) is 2. The molecule has 0 aliphatic heterocycles. The molecule has 1 aromatic carbocycles. The molecule has 3 saturated carbocycles. The lowest BCUT2D eigenvalue weighted by Gasteiger charge is -2.56. The van der Waals surface area contributed by atoms with Crippen LogP contribution in [-0.2, 0) is 4.74 Å². The summed E-state index contributed by atoms with van der Waals surface area (Å²) in [5.41, 5.74) is 0.859. The number of rotatable bonds is 2. The number of carbonyl (C=O) groups excluding carboxylic acids is 1. The normalized spacial score (nSPS) is 41.8. The van der Waals surface area contributed by atoms with Gasteiger partial charge in [-0.3, -0.25) is 0 Å². The van der Waals surface area contributed by atoms with E-state index in [2.05, 4.69) is 25.0 Å². The SMILES string of the molecule is C#C[C@]1(OC(=O)c2ccc(C)cc2)CC[C@H]2[C@@H]3CCC4CC=CC[C@@H]4[C@H]3CC[C@@]21C. The number of hydrogen-bond donors (Lipinski definition) is 0. The average Bonchev–Trinajstić information content (AvgIpc) is 3.06. The van der Waals surface area contributed by atoms with Crippen LogP contribution in [0.5, 0.6) is 0 Å². The maximum atomic E-state index is 13.0. The van der Waals surface area contributed by atoms with Crippen LogP contribution in [0.25, 0.3) is 0 Å². The van der Waals surface area contributed by atoms with Crippen molar-refractivity contribution in [3.05, 3.63) is 47.5 Å². The highest BCUT2D eigenvalue weighted by Gasteiger charge is 2.64. The number of esters is 1. The zero-order valence-corrected chi connectivity index (χ0v) is 18.4. The van der Waals surface area contributed by atoms with Crippen molar-refractivity contribution in [3.63, 3.8) is 0 Å². The Morgan fingerprint density at radius 3 is 2.53 bits per heavy atom. The lowest BCUT2D eigenvalue weighted by Crippen LogP contribution is -2.54. The summed E-state index contributed by atoms with van der Waals surface area (Å²) in [4.78, 5) is 13.0. The largest absolute Gasteiger partial charge is 0.442 e. The third-order valence-electron chi connectivity index (χ3n) is 9.44. The first-order valence-corrected chi connectivity index (χ1v) is 11.9. The van der Waals surface area contributed by atoms with E-state index in [-0.39, 0.29) is 11.4 Å². The predicted octanol–water partition coefficient (Wildman–Crippen LogP) is 6.34. The summed E-state index contributed by atoms with van der Waals surface area (Å²) in [5, 5.41) is 0. The van der Waals surface area contributed by atoms with Gasteiger partial charge in [0.15, 0.2) is 5.60 Å². The molecule has 0 N–H and O–H groups in total. The van der Waals surface area contributed by atoms with Crippen LogP contribution < -0.4 is 0 Å². The molecular formula is C28H34O2. The number of aryl methyl sites for hydroxylation is 1. The molecule has 4 aliphatic rings. The van der Waals surface area contributed by atoms with E-state index in [1.807, 2.05) is 31.2 Å². The number of ether oxygens (including phenoxy) is 1. The predicted molar refractivity (Wildman–Crippen MR) is 120 cm³/mol. The average molecular weight is 403 g/mol. The van der Waals surface area contributed by atoms with Crippen LogP contribution in [0.15, 0.2) is 36.4 Å². The lowest BCUT2D eigenvalue weighted by molar-refractivity contribution is -0.106. The quantitative estimate of drug-likeness (QED) is 0.328. The number of allylic oxidation sites excluding steroid dienone is 2. The Bertz CT molecular complexity index is 890. The number of terminal acetylenes is 1. The molecule has 4 aliphatic carbocycles. The Kier molecular flexibility index (Phi) is 4.85. The van der Waals surface area contributed by atoms with Crippen molar-refractivity contribution in [3.8, 4) is 12.3 Å². The zero-order chi connectivity index (χ0) is 20.9. The molecule has 158 valence electrons. The summed E-state index contributed by atoms with van der Waals surface area (Å²) < 4.78 is 6.25. The van der Waals surface area contributed by atoms with Gasteiger partial charge in [0.05, 0.1) is 5.56 Å². The zero-order valence-electron chi connectivity index (χ0n) is 18.4. The van der Waals surface area contributed by atoms with Gasteiger partial charge in [0, 0.05) is 5.41 Å². The second-order valence-electron chi connectivity index (χ2n) is 10.6. The second kappa shape index (κ2) is 7.30. The van der Waals surface area contributed by atoms with Gasteiger partial charge in [0.1, 0.15) is 0 Å². The van der Waals surface area contributed by atoms with Gasteiger partial charge in [0.25, 0.3) is 0 Å². The van der Waals surface area contributed by atoms with Gasteiger partial charge in [-0.25, -0.2) is 4.79 Å². The molecule has 0 aromatic heterocycles. The molecule has 0 heterocycles. The Morgan fingerprint density at radius 2 is 1.77 bits per heavy atom. The molecule has 0 saturated heterocycles. The van der Waals surface area contributed by atoms with Gasteiger partial charge < -0.3 is 4.74 Å². The molecule has 0 amide bonds. The summed E-state index contributed by atoms with van der Waals surface area (Å²) in [7, 11) is 0. The smallest absolute Gasteiger partial charge is 0.339 e. The topological polar surface area (TPSA) is 26.3 Å². The molecule has 1 aromatic rings. The van der Waals surface area contributed by atoms with E-state index in [1.165, 1.54) is 32.1 Å². The standard InChI is InChI=1S/C28H34O2/c1-4-28(30-26(29)21-11-9-19(2)10-12-21)18-16-25-24-14-13-20-7-5-6-8-22(20)23(24)15-17-27(25,28)3/h1,5-6,9-12,20,22-25H,7-8,13-18H2,2-3H3/t20?,22-,23+,24+,25-,27-,28-/m0/s1. The summed E-state index contributed by atoms with van der Waals surface area (Å²) in [6.45, 7) is 4.35. The van der Waals surface area contributed by atoms with E-state index in [0.717, 1.165) is 48.5 Å². The van der Waals surface area contributed by atoms with Crippen molar-refractivity contribution < 1.29 is 9.53 Å². The van der Waals surface area contributed by atoms with Crippen LogP contribution in [0.1, 0.15) is 74.2 Å². The molecule has 3 fully saturated rings. The monoisotopic (exact) mass is 402 g/mol. The Hall–Kier alpha value is -2.01. The van der Waals surface area contributed by atoms with E-state index in [1.54, 1.807) is 0 Å². The first-order chi connectivity index (χ1) is 14.5. The van der Waals surface area contributed by atoms with E-state index < -0.39 is 5.60 Å². The van der Waals surface area contributed by atoms with Gasteiger partial charge >= 0.3 is 5.97 Å². The van der Waals surface area contributed by atoms with Crippen LogP contribution >= 0.6 is 0 Å². The van der Waals surface area contributed by atoms with E-state index in [9.17, 15) is 4.79 Å². The van der Waals surface area contributed by atoms with Crippen molar-refractivity contribution in [1.29, 1.82) is 0 Å². The van der Waals surface area contributed by atoms with Crippen molar-refractivity contribution in [2.24, 2.45) is 35.0 Å². The summed E-state index contributed by atoms with van der Waals surface area (Å²) in [5.74, 6) is 6.65. The Morgan fingerprint density at radius 1 is 1.00 bits per heavy atom. The van der Waals surface area contributed by atoms with Crippen LogP contribution in [0, 0.1) is 54.3 Å². The third kappa shape index (κ3) is 2.89. The van der Waals surface area contributed by atoms with E-state index in [4.69, 9.17) is 11.2 Å². The van der Waals surface area contributed by atoms with Crippen molar-refractivity contribution in [1.82, 2.24) is 0 Å². The van der Waals surface area contributed by atoms with Gasteiger partial charge in [-0.15, -0.1) is 6.42 Å². The van der Waals surface area contributed by atoms with E-state index >= 15 is 0 Å². The number of carbonyl (C=O) groups is 1. The van der Waals surface area contributed by atoms with Crippen molar-refractivity contribution in [2.75, 3.05) is 0 Å². The maximum Gasteiger partial charge on any atom is 0.339 e. The van der Waals surface area contributed by atoms with Gasteiger partial charge in [-0.05, 0) is 100 Å². The molecular weight excluding hydrogens is 368 g/mol. The maximum absolute atomic E-state index is 13.0. The Labute approximate surface area is 181 Å². The number of benzene rings is 1. The van der Waals surface area contributed by atoms with Crippen LogP contribution in [-0.4, -0.2) is 11.6 Å². The van der Waals surface area contributed by atoms with Crippen molar-refractivity contribution >= 4 is 5.97 Å². The number of fused-ring (bicyclic) bond motifs is 5. The minimum atomic E-state index is -0.770. The molecule has 0 radical (unpaired) electrons. The second-order valence-corrected chi connectivity index (χ2v) is 10.6. The van der Waals surface area contributed by atoms with Crippen molar-refractivity contribution in [2.45, 2.75) is 70.8 Å². The molecule has 2 heteroatoms. The minimum Gasteiger partial charge on any atom is -0.442 e. The molecule has 30 heavy (non-hydrogen) atoms. The highest BCUT2D eigenvalue weighted by Crippen LogP contribution is 2.65. The summed E-state index contributed by atoms with van der Waals surface area (Å²) in [6, 6.07) is 7.62. The third-order valence-corrected chi connectivity index (χ3v) is 9.44. The van der Waals surface area contributed by atoms with Gasteiger partial charge in [-0.1, -0.05) is 42.7 Å². The van der Waals surface area contributed by atoms with Gasteiger partial charge in [0.2, 0.25) is 0 Å². The molecule has 0 spiro atoms. The van der Waals surface area contributed by atoms with Crippen LogP contribution in [0.2, 0.25) is 0 Å². The molecule has 2 nitrogen and oxygen atoms in total. The fraction of sp³-hybridized carbons (Fsp3) is 0.607. The lowest BCUT2D eigenvalue weighted by atomic mass is 9.49. The Balaban J connectivity index is 1.40. The highest BCUT2D eigenvalue weighted by molar-refractivity contribution is 5.90. The fourth-order valence-corrected chi connectivity index (χ4v) is 7.76. The van der Waals surface area contributed by atoms with Gasteiger partial charge in [-0.2, -0.15) is 0 Å².